The number of aryl methyl sites for hydroxylation is 1. The van der Waals surface area contributed by atoms with E-state index in [1.54, 1.807) is 0 Å². The zero-order valence-corrected chi connectivity index (χ0v) is 11.3. The van der Waals surface area contributed by atoms with Gasteiger partial charge in [0.2, 0.25) is 0 Å². The maximum absolute atomic E-state index is 3.53. The van der Waals surface area contributed by atoms with Gasteiger partial charge in [-0.05, 0) is 29.9 Å². The monoisotopic (exact) mass is 219 g/mol. The van der Waals surface area contributed by atoms with Crippen LogP contribution in [0.3, 0.4) is 0 Å². The first-order chi connectivity index (χ1) is 7.41. The molecule has 0 atom stereocenters. The molecule has 1 rings (SSSR count). The van der Waals surface area contributed by atoms with E-state index >= 15 is 0 Å². The van der Waals surface area contributed by atoms with Crippen LogP contribution < -0.4 is 5.32 Å². The van der Waals surface area contributed by atoms with Gasteiger partial charge in [-0.1, -0.05) is 52.0 Å². The molecule has 0 radical (unpaired) electrons. The number of nitrogens with one attached hydrogen (secondary N) is 1. The lowest BCUT2D eigenvalue weighted by molar-refractivity contribution is 0.325. The second-order valence-corrected chi connectivity index (χ2v) is 5.80. The van der Waals surface area contributed by atoms with Crippen LogP contribution in [0.1, 0.15) is 38.8 Å². The van der Waals surface area contributed by atoms with Crippen molar-refractivity contribution in [1.29, 1.82) is 0 Å². The molecule has 16 heavy (non-hydrogen) atoms. The van der Waals surface area contributed by atoms with Crippen molar-refractivity contribution in [3.8, 4) is 0 Å². The topological polar surface area (TPSA) is 12.0 Å². The summed E-state index contributed by atoms with van der Waals surface area (Å²) in [5.74, 6) is 0. The third-order valence-corrected chi connectivity index (χ3v) is 2.92. The van der Waals surface area contributed by atoms with E-state index in [9.17, 15) is 0 Å². The predicted molar refractivity (Wildman–Crippen MR) is 71.8 cm³/mol. The second kappa shape index (κ2) is 5.49. The van der Waals surface area contributed by atoms with E-state index in [1.165, 1.54) is 11.1 Å². The molecule has 0 aliphatic carbocycles. The zero-order chi connectivity index (χ0) is 12.2. The lowest BCUT2D eigenvalue weighted by Crippen LogP contribution is -2.35. The summed E-state index contributed by atoms with van der Waals surface area (Å²) in [5.41, 5.74) is 3.19. The van der Waals surface area contributed by atoms with Crippen LogP contribution in [-0.2, 0) is 6.42 Å². The Hall–Kier alpha value is -0.820. The molecule has 0 aliphatic heterocycles. The molecule has 0 heterocycles. The Bertz CT molecular complexity index is 326. The van der Waals surface area contributed by atoms with Crippen LogP contribution in [0.25, 0.3) is 0 Å². The maximum atomic E-state index is 3.53. The van der Waals surface area contributed by atoms with E-state index < -0.39 is 0 Å². The minimum Gasteiger partial charge on any atom is -0.314 e. The first-order valence-electron chi connectivity index (χ1n) is 6.18. The number of hydrogen-bond donors (Lipinski definition) is 1. The van der Waals surface area contributed by atoms with Crippen LogP contribution in [0.4, 0.5) is 0 Å². The Morgan fingerprint density at radius 1 is 1.19 bits per heavy atom. The molecule has 0 saturated heterocycles. The summed E-state index contributed by atoms with van der Waals surface area (Å²) in [6, 6.07) is 9.25. The zero-order valence-electron chi connectivity index (χ0n) is 11.3. The maximum Gasteiger partial charge on any atom is 0.00106 e. The fourth-order valence-corrected chi connectivity index (χ4v) is 1.87. The van der Waals surface area contributed by atoms with Crippen molar-refractivity contribution in [3.63, 3.8) is 0 Å². The first-order valence-corrected chi connectivity index (χ1v) is 6.18. The van der Waals surface area contributed by atoms with Gasteiger partial charge in [-0.2, -0.15) is 0 Å². The van der Waals surface area contributed by atoms with Gasteiger partial charge in [0.05, 0.1) is 0 Å². The highest BCUT2D eigenvalue weighted by molar-refractivity contribution is 5.26. The SMILES string of the molecule is Cc1ccccc1CC(C)(C)CNC(C)C. The van der Waals surface area contributed by atoms with Crippen molar-refractivity contribution >= 4 is 0 Å². The summed E-state index contributed by atoms with van der Waals surface area (Å²) in [6.07, 6.45) is 1.14. The molecule has 0 fully saturated rings. The van der Waals surface area contributed by atoms with Gasteiger partial charge in [-0.25, -0.2) is 0 Å². The van der Waals surface area contributed by atoms with E-state index in [4.69, 9.17) is 0 Å². The summed E-state index contributed by atoms with van der Waals surface area (Å²) >= 11 is 0. The third-order valence-electron chi connectivity index (χ3n) is 2.92. The summed E-state index contributed by atoms with van der Waals surface area (Å²) < 4.78 is 0. The largest absolute Gasteiger partial charge is 0.314 e. The van der Waals surface area contributed by atoms with Crippen molar-refractivity contribution in [3.05, 3.63) is 35.4 Å². The molecular weight excluding hydrogens is 194 g/mol. The highest BCUT2D eigenvalue weighted by Gasteiger charge is 2.19. The lowest BCUT2D eigenvalue weighted by Gasteiger charge is -2.27. The fraction of sp³-hybridized carbons (Fsp3) is 0.600. The van der Waals surface area contributed by atoms with Gasteiger partial charge >= 0.3 is 0 Å². The lowest BCUT2D eigenvalue weighted by atomic mass is 9.84. The highest BCUT2D eigenvalue weighted by Crippen LogP contribution is 2.22. The van der Waals surface area contributed by atoms with Crippen molar-refractivity contribution in [2.45, 2.75) is 47.1 Å². The average Bonchev–Trinajstić information content (AvgIpc) is 2.19. The van der Waals surface area contributed by atoms with E-state index in [-0.39, 0.29) is 0 Å². The van der Waals surface area contributed by atoms with Crippen LogP contribution in [0.5, 0.6) is 0 Å². The number of hydrogen-bond acceptors (Lipinski definition) is 1. The van der Waals surface area contributed by atoms with Crippen LogP contribution in [-0.4, -0.2) is 12.6 Å². The smallest absolute Gasteiger partial charge is 0.00106 e. The van der Waals surface area contributed by atoms with E-state index in [2.05, 4.69) is 64.2 Å². The van der Waals surface area contributed by atoms with Crippen LogP contribution in [0.2, 0.25) is 0 Å². The summed E-state index contributed by atoms with van der Waals surface area (Å²) in [6.45, 7) is 12.3. The molecule has 0 aromatic heterocycles. The molecule has 1 aromatic rings. The molecule has 0 spiro atoms. The number of rotatable bonds is 5. The Balaban J connectivity index is 2.62. The summed E-state index contributed by atoms with van der Waals surface area (Å²) in [4.78, 5) is 0. The summed E-state index contributed by atoms with van der Waals surface area (Å²) in [5, 5.41) is 3.53. The van der Waals surface area contributed by atoms with Gasteiger partial charge in [-0.3, -0.25) is 0 Å². The average molecular weight is 219 g/mol. The van der Waals surface area contributed by atoms with Gasteiger partial charge in [0, 0.05) is 12.6 Å². The van der Waals surface area contributed by atoms with E-state index in [1.807, 2.05) is 0 Å². The Kier molecular flexibility index (Phi) is 4.55. The van der Waals surface area contributed by atoms with Gasteiger partial charge in [0.15, 0.2) is 0 Å². The molecule has 0 saturated carbocycles. The van der Waals surface area contributed by atoms with Gasteiger partial charge in [0.1, 0.15) is 0 Å². The minimum atomic E-state index is 0.316. The Morgan fingerprint density at radius 3 is 2.38 bits per heavy atom. The van der Waals surface area contributed by atoms with Crippen molar-refractivity contribution in [2.24, 2.45) is 5.41 Å². The molecular formula is C15H25N. The molecule has 1 heteroatoms. The van der Waals surface area contributed by atoms with Crippen LogP contribution in [0.15, 0.2) is 24.3 Å². The second-order valence-electron chi connectivity index (χ2n) is 5.80. The number of benzene rings is 1. The highest BCUT2D eigenvalue weighted by atomic mass is 14.9. The fourth-order valence-electron chi connectivity index (χ4n) is 1.87. The summed E-state index contributed by atoms with van der Waals surface area (Å²) in [7, 11) is 0. The quantitative estimate of drug-likeness (QED) is 0.798. The standard InChI is InChI=1S/C15H25N/c1-12(2)16-11-15(4,5)10-14-9-7-6-8-13(14)3/h6-9,12,16H,10-11H2,1-5H3. The minimum absolute atomic E-state index is 0.316. The third kappa shape index (κ3) is 4.36. The van der Waals surface area contributed by atoms with Crippen LogP contribution >= 0.6 is 0 Å². The molecule has 1 nitrogen and oxygen atoms in total. The molecule has 90 valence electrons. The Morgan fingerprint density at radius 2 is 1.81 bits per heavy atom. The molecule has 1 aromatic carbocycles. The van der Waals surface area contributed by atoms with E-state index in [0.717, 1.165) is 13.0 Å². The van der Waals surface area contributed by atoms with Crippen molar-refractivity contribution in [2.75, 3.05) is 6.54 Å². The van der Waals surface area contributed by atoms with Crippen molar-refractivity contribution < 1.29 is 0 Å². The van der Waals surface area contributed by atoms with Crippen molar-refractivity contribution in [1.82, 2.24) is 5.32 Å². The van der Waals surface area contributed by atoms with Crippen LogP contribution in [0, 0.1) is 12.3 Å². The Labute approximate surface area is 100 Å². The molecule has 0 amide bonds. The molecule has 0 aliphatic rings. The van der Waals surface area contributed by atoms with Gasteiger partial charge in [-0.15, -0.1) is 0 Å². The van der Waals surface area contributed by atoms with Gasteiger partial charge in [0.25, 0.3) is 0 Å². The predicted octanol–water partition coefficient (Wildman–Crippen LogP) is 3.56. The normalized spacial score (nSPS) is 12.1. The van der Waals surface area contributed by atoms with Gasteiger partial charge < -0.3 is 5.32 Å². The molecule has 1 N–H and O–H groups in total. The molecule has 0 bridgehead atoms. The van der Waals surface area contributed by atoms with E-state index in [0.29, 0.717) is 11.5 Å². The first kappa shape index (κ1) is 13.2. The molecule has 0 unspecified atom stereocenters.